The number of sulfonamides is 1. The molecule has 1 aromatic rings. The third kappa shape index (κ3) is 2.47. The molecule has 5 nitrogen and oxygen atoms in total. The second-order valence-electron chi connectivity index (χ2n) is 4.18. The highest BCUT2D eigenvalue weighted by atomic mass is 32.2. The number of nitriles is 1. The molecule has 1 aliphatic carbocycles. The number of hydrogen-bond donors (Lipinski definition) is 2. The molecule has 6 heteroatoms. The molecular formula is C11H12N2O3S. The third-order valence-corrected chi connectivity index (χ3v) is 4.36. The number of rotatable bonds is 4. The van der Waals surface area contributed by atoms with Crippen LogP contribution in [0.2, 0.25) is 0 Å². The summed E-state index contributed by atoms with van der Waals surface area (Å²) in [6.45, 7) is -0.204. The van der Waals surface area contributed by atoms with Gasteiger partial charge in [-0.2, -0.15) is 5.26 Å². The van der Waals surface area contributed by atoms with Crippen molar-refractivity contribution in [3.8, 4) is 6.07 Å². The van der Waals surface area contributed by atoms with E-state index in [4.69, 9.17) is 10.4 Å². The Morgan fingerprint density at radius 1 is 1.47 bits per heavy atom. The average Bonchev–Trinajstić information content (AvgIpc) is 3.09. The Labute approximate surface area is 99.7 Å². The predicted molar refractivity (Wildman–Crippen MR) is 60.5 cm³/mol. The fourth-order valence-corrected chi connectivity index (χ4v) is 3.02. The van der Waals surface area contributed by atoms with E-state index in [0.717, 1.165) is 0 Å². The normalized spacial score (nSPS) is 17.4. The first-order valence-electron chi connectivity index (χ1n) is 5.16. The van der Waals surface area contributed by atoms with Gasteiger partial charge in [-0.05, 0) is 31.0 Å². The summed E-state index contributed by atoms with van der Waals surface area (Å²) in [5, 5.41) is 17.8. The zero-order valence-electron chi connectivity index (χ0n) is 9.05. The maximum absolute atomic E-state index is 12.0. The van der Waals surface area contributed by atoms with Gasteiger partial charge in [-0.15, -0.1) is 0 Å². The number of nitrogens with one attached hydrogen (secondary N) is 1. The molecule has 0 atom stereocenters. The molecule has 0 heterocycles. The van der Waals surface area contributed by atoms with Gasteiger partial charge in [0.2, 0.25) is 10.0 Å². The molecule has 0 bridgehead atoms. The summed E-state index contributed by atoms with van der Waals surface area (Å²) < 4.78 is 26.4. The minimum absolute atomic E-state index is 0.0521. The molecule has 1 saturated carbocycles. The van der Waals surface area contributed by atoms with Gasteiger partial charge in [-0.25, -0.2) is 13.1 Å². The van der Waals surface area contributed by atoms with E-state index >= 15 is 0 Å². The lowest BCUT2D eigenvalue weighted by Crippen LogP contribution is -2.39. The summed E-state index contributed by atoms with van der Waals surface area (Å²) in [5.74, 6) is 0. The van der Waals surface area contributed by atoms with Gasteiger partial charge in [0, 0.05) is 0 Å². The lowest BCUT2D eigenvalue weighted by molar-refractivity contribution is 0.246. The minimum atomic E-state index is -3.66. The molecule has 2 N–H and O–H groups in total. The zero-order chi connectivity index (χ0) is 12.5. The topological polar surface area (TPSA) is 90.2 Å². The number of nitrogens with zero attached hydrogens (tertiary/aromatic N) is 1. The smallest absolute Gasteiger partial charge is 0.241 e. The van der Waals surface area contributed by atoms with E-state index in [1.807, 2.05) is 6.07 Å². The van der Waals surface area contributed by atoms with Gasteiger partial charge in [0.25, 0.3) is 0 Å². The second kappa shape index (κ2) is 4.11. The molecule has 0 aliphatic heterocycles. The van der Waals surface area contributed by atoms with E-state index in [-0.39, 0.29) is 11.5 Å². The van der Waals surface area contributed by atoms with Crippen LogP contribution in [-0.2, 0) is 10.0 Å². The monoisotopic (exact) mass is 252 g/mol. The largest absolute Gasteiger partial charge is 0.394 e. The van der Waals surface area contributed by atoms with Crippen molar-refractivity contribution in [2.24, 2.45) is 0 Å². The van der Waals surface area contributed by atoms with E-state index in [1.165, 1.54) is 24.3 Å². The highest BCUT2D eigenvalue weighted by Crippen LogP contribution is 2.36. The fourth-order valence-electron chi connectivity index (χ4n) is 1.52. The summed E-state index contributed by atoms with van der Waals surface area (Å²) in [5.41, 5.74) is -0.400. The van der Waals surface area contributed by atoms with E-state index < -0.39 is 15.6 Å². The zero-order valence-corrected chi connectivity index (χ0v) is 9.87. The Kier molecular flexibility index (Phi) is 2.91. The molecule has 0 aromatic heterocycles. The van der Waals surface area contributed by atoms with Crippen LogP contribution in [0.15, 0.2) is 29.2 Å². The number of hydrogen-bond acceptors (Lipinski definition) is 4. The van der Waals surface area contributed by atoms with Gasteiger partial charge in [0.15, 0.2) is 0 Å². The van der Waals surface area contributed by atoms with Gasteiger partial charge < -0.3 is 5.11 Å². The van der Waals surface area contributed by atoms with Crippen molar-refractivity contribution >= 4 is 10.0 Å². The first-order chi connectivity index (χ1) is 8.01. The molecule has 0 spiro atoms. The molecule has 1 aromatic carbocycles. The van der Waals surface area contributed by atoms with Gasteiger partial charge >= 0.3 is 0 Å². The van der Waals surface area contributed by atoms with Crippen LogP contribution in [0.25, 0.3) is 0 Å². The molecule has 1 aliphatic rings. The van der Waals surface area contributed by atoms with Crippen molar-refractivity contribution in [3.63, 3.8) is 0 Å². The number of benzene rings is 1. The first kappa shape index (κ1) is 12.0. The van der Waals surface area contributed by atoms with Gasteiger partial charge in [0.05, 0.1) is 28.7 Å². The van der Waals surface area contributed by atoms with Crippen LogP contribution in [0.4, 0.5) is 0 Å². The van der Waals surface area contributed by atoms with Crippen LogP contribution in [-0.4, -0.2) is 25.7 Å². The third-order valence-electron chi connectivity index (χ3n) is 2.78. The van der Waals surface area contributed by atoms with E-state index in [0.29, 0.717) is 18.4 Å². The quantitative estimate of drug-likeness (QED) is 0.809. The summed E-state index contributed by atoms with van der Waals surface area (Å²) in [6.07, 6.45) is 1.28. The van der Waals surface area contributed by atoms with Crippen molar-refractivity contribution < 1.29 is 13.5 Å². The van der Waals surface area contributed by atoms with Gasteiger partial charge in [-0.1, -0.05) is 6.07 Å². The van der Waals surface area contributed by atoms with Crippen LogP contribution in [0.3, 0.4) is 0 Å². The van der Waals surface area contributed by atoms with Crippen molar-refractivity contribution in [2.75, 3.05) is 6.61 Å². The van der Waals surface area contributed by atoms with Gasteiger partial charge in [0.1, 0.15) is 0 Å². The predicted octanol–water partition coefficient (Wildman–Crippen LogP) is 0.361. The summed E-state index contributed by atoms with van der Waals surface area (Å²) >= 11 is 0. The van der Waals surface area contributed by atoms with Crippen LogP contribution in [0.5, 0.6) is 0 Å². The summed E-state index contributed by atoms with van der Waals surface area (Å²) in [7, 11) is -3.66. The molecule has 0 saturated heterocycles. The molecule has 17 heavy (non-hydrogen) atoms. The Hall–Kier alpha value is -1.42. The Morgan fingerprint density at radius 2 is 2.18 bits per heavy atom. The van der Waals surface area contributed by atoms with E-state index in [2.05, 4.69) is 4.72 Å². The van der Waals surface area contributed by atoms with Crippen molar-refractivity contribution in [2.45, 2.75) is 23.3 Å². The standard InChI is InChI=1S/C11H12N2O3S/c12-7-9-2-1-3-10(6-9)17(15,16)13-11(8-14)4-5-11/h1-3,6,13-14H,4-5,8H2. The highest BCUT2D eigenvalue weighted by Gasteiger charge is 2.45. The number of aliphatic hydroxyl groups is 1. The Balaban J connectivity index is 2.29. The molecule has 2 rings (SSSR count). The average molecular weight is 252 g/mol. The highest BCUT2D eigenvalue weighted by molar-refractivity contribution is 7.89. The maximum Gasteiger partial charge on any atom is 0.241 e. The van der Waals surface area contributed by atoms with Crippen molar-refractivity contribution in [1.82, 2.24) is 4.72 Å². The van der Waals surface area contributed by atoms with Crippen molar-refractivity contribution in [3.05, 3.63) is 29.8 Å². The molecule has 1 fully saturated rings. The Bertz CT molecular complexity index is 571. The maximum atomic E-state index is 12.0. The van der Waals surface area contributed by atoms with Crippen LogP contribution in [0.1, 0.15) is 18.4 Å². The fraction of sp³-hybridized carbons (Fsp3) is 0.364. The molecule has 90 valence electrons. The lowest BCUT2D eigenvalue weighted by Gasteiger charge is -2.14. The van der Waals surface area contributed by atoms with E-state index in [1.54, 1.807) is 0 Å². The number of aliphatic hydroxyl groups excluding tert-OH is 1. The van der Waals surface area contributed by atoms with Crippen molar-refractivity contribution in [1.29, 1.82) is 5.26 Å². The van der Waals surface area contributed by atoms with E-state index in [9.17, 15) is 8.42 Å². The molecular weight excluding hydrogens is 240 g/mol. The summed E-state index contributed by atoms with van der Waals surface area (Å²) in [6, 6.07) is 7.69. The van der Waals surface area contributed by atoms with Crippen LogP contribution in [0, 0.1) is 11.3 Å². The second-order valence-corrected chi connectivity index (χ2v) is 5.87. The molecule has 0 unspecified atom stereocenters. The first-order valence-corrected chi connectivity index (χ1v) is 6.65. The van der Waals surface area contributed by atoms with Crippen LogP contribution >= 0.6 is 0 Å². The SMILES string of the molecule is N#Cc1cccc(S(=O)(=O)NC2(CO)CC2)c1. The lowest BCUT2D eigenvalue weighted by atomic mass is 10.2. The van der Waals surface area contributed by atoms with Gasteiger partial charge in [-0.3, -0.25) is 0 Å². The molecule has 0 radical (unpaired) electrons. The molecule has 0 amide bonds. The summed E-state index contributed by atoms with van der Waals surface area (Å²) in [4.78, 5) is 0.0521. The minimum Gasteiger partial charge on any atom is -0.394 e. The van der Waals surface area contributed by atoms with Crippen LogP contribution < -0.4 is 4.72 Å². The Morgan fingerprint density at radius 3 is 2.71 bits per heavy atom.